The summed E-state index contributed by atoms with van der Waals surface area (Å²) in [5, 5.41) is 14.6. The molecule has 1 aromatic carbocycles. The molecule has 2 aliphatic heterocycles. The molecule has 0 saturated carbocycles. The normalized spacial score (nSPS) is 21.9. The molecule has 0 bridgehead atoms. The minimum atomic E-state index is -0.480. The van der Waals surface area contributed by atoms with Gasteiger partial charge in [0.1, 0.15) is 11.9 Å². The third-order valence-corrected chi connectivity index (χ3v) is 5.45. The first-order valence-electron chi connectivity index (χ1n) is 10.3. The lowest BCUT2D eigenvalue weighted by molar-refractivity contribution is 0.0844. The largest absolute Gasteiger partial charge is 0.391 e. The molecule has 0 radical (unpaired) electrons. The second-order valence-corrected chi connectivity index (χ2v) is 7.77. The van der Waals surface area contributed by atoms with Crippen LogP contribution in [0.4, 0.5) is 5.82 Å². The van der Waals surface area contributed by atoms with Gasteiger partial charge in [-0.3, -0.25) is 0 Å². The highest BCUT2D eigenvalue weighted by Gasteiger charge is 2.29. The molecular weight excluding hydrogens is 382 g/mol. The van der Waals surface area contributed by atoms with Crippen molar-refractivity contribution >= 4 is 5.82 Å². The fraction of sp³-hybridized carbons (Fsp3) is 0.409. The van der Waals surface area contributed by atoms with Crippen LogP contribution in [0.1, 0.15) is 23.9 Å². The summed E-state index contributed by atoms with van der Waals surface area (Å²) >= 11 is 0. The molecule has 3 aromatic rings. The van der Waals surface area contributed by atoms with Gasteiger partial charge in [-0.25, -0.2) is 14.6 Å². The second-order valence-electron chi connectivity index (χ2n) is 7.77. The number of aromatic nitrogens is 4. The SMILES string of the molecule is Cc1cccc(-c2ccn(-c3cc(N4CCOCC4)nc([C@@H]4C[C@H](O)CO4)n3)n2)c1. The van der Waals surface area contributed by atoms with Gasteiger partial charge in [0, 0.05) is 37.3 Å². The van der Waals surface area contributed by atoms with Crippen LogP contribution in [-0.4, -0.2) is 63.9 Å². The molecule has 0 amide bonds. The number of aliphatic hydroxyl groups excluding tert-OH is 1. The Bertz CT molecular complexity index is 1010. The maximum absolute atomic E-state index is 9.89. The fourth-order valence-electron chi connectivity index (χ4n) is 3.86. The van der Waals surface area contributed by atoms with Gasteiger partial charge in [-0.05, 0) is 19.1 Å². The Morgan fingerprint density at radius 2 is 1.90 bits per heavy atom. The molecule has 0 spiro atoms. The van der Waals surface area contributed by atoms with Crippen molar-refractivity contribution in [2.45, 2.75) is 25.6 Å². The maximum atomic E-state index is 9.89. The first-order chi connectivity index (χ1) is 14.7. The van der Waals surface area contributed by atoms with Gasteiger partial charge in [0.25, 0.3) is 0 Å². The molecule has 30 heavy (non-hydrogen) atoms. The Morgan fingerprint density at radius 3 is 2.67 bits per heavy atom. The number of aryl methyl sites for hydroxylation is 1. The number of hydrogen-bond acceptors (Lipinski definition) is 7. The van der Waals surface area contributed by atoms with E-state index in [1.54, 1.807) is 4.68 Å². The van der Waals surface area contributed by atoms with Crippen LogP contribution in [0.2, 0.25) is 0 Å². The number of hydrogen-bond donors (Lipinski definition) is 1. The Hall–Kier alpha value is -2.81. The lowest BCUT2D eigenvalue weighted by atomic mass is 10.1. The zero-order chi connectivity index (χ0) is 20.5. The smallest absolute Gasteiger partial charge is 0.162 e. The Kier molecular flexibility index (Phi) is 5.20. The monoisotopic (exact) mass is 407 g/mol. The average molecular weight is 407 g/mol. The van der Waals surface area contributed by atoms with E-state index in [1.165, 1.54) is 5.56 Å². The molecule has 5 rings (SSSR count). The summed E-state index contributed by atoms with van der Waals surface area (Å²) in [6.45, 7) is 5.28. The van der Waals surface area contributed by atoms with Crippen molar-refractivity contribution in [3.8, 4) is 17.1 Å². The van der Waals surface area contributed by atoms with Crippen LogP contribution in [-0.2, 0) is 9.47 Å². The van der Waals surface area contributed by atoms with Gasteiger partial charge in [0.05, 0.1) is 31.6 Å². The number of ether oxygens (including phenoxy) is 2. The zero-order valence-corrected chi connectivity index (χ0v) is 16.9. The third-order valence-electron chi connectivity index (χ3n) is 5.45. The van der Waals surface area contributed by atoms with E-state index in [-0.39, 0.29) is 6.10 Å². The summed E-state index contributed by atoms with van der Waals surface area (Å²) in [6.07, 6.45) is 1.62. The number of morpholine rings is 1. The van der Waals surface area contributed by atoms with Gasteiger partial charge >= 0.3 is 0 Å². The van der Waals surface area contributed by atoms with Crippen molar-refractivity contribution in [2.75, 3.05) is 37.8 Å². The molecule has 4 heterocycles. The van der Waals surface area contributed by atoms with E-state index in [0.717, 1.165) is 30.2 Å². The Morgan fingerprint density at radius 1 is 1.07 bits per heavy atom. The van der Waals surface area contributed by atoms with Gasteiger partial charge < -0.3 is 19.5 Å². The first kappa shape index (κ1) is 19.2. The summed E-state index contributed by atoms with van der Waals surface area (Å²) in [5.74, 6) is 2.10. The molecule has 2 aliphatic rings. The van der Waals surface area contributed by atoms with Gasteiger partial charge in [0.2, 0.25) is 0 Å². The molecule has 2 atom stereocenters. The molecule has 2 saturated heterocycles. The van der Waals surface area contributed by atoms with E-state index < -0.39 is 6.10 Å². The highest BCUT2D eigenvalue weighted by Crippen LogP contribution is 2.29. The van der Waals surface area contributed by atoms with E-state index in [4.69, 9.17) is 24.5 Å². The fourth-order valence-corrected chi connectivity index (χ4v) is 3.86. The molecular formula is C22H25N5O3. The number of aliphatic hydroxyl groups is 1. The highest BCUT2D eigenvalue weighted by molar-refractivity contribution is 5.60. The van der Waals surface area contributed by atoms with E-state index in [1.807, 2.05) is 24.4 Å². The molecule has 8 heteroatoms. The number of anilines is 1. The summed E-state index contributed by atoms with van der Waals surface area (Å²) in [6, 6.07) is 12.2. The van der Waals surface area contributed by atoms with Crippen molar-refractivity contribution in [1.29, 1.82) is 0 Å². The van der Waals surface area contributed by atoms with Crippen LogP contribution < -0.4 is 4.90 Å². The van der Waals surface area contributed by atoms with E-state index in [0.29, 0.717) is 37.9 Å². The average Bonchev–Trinajstić information content (AvgIpc) is 3.44. The standard InChI is InChI=1S/C22H25N5O3/c1-15-3-2-4-16(11-15)18-5-6-27(25-18)21-13-20(26-7-9-29-10-8-26)23-22(24-21)19-12-17(28)14-30-19/h2-6,11,13,17,19,28H,7-10,12,14H2,1H3/t17-,19-/m0/s1. The molecule has 156 valence electrons. The summed E-state index contributed by atoms with van der Waals surface area (Å²) in [5.41, 5.74) is 3.15. The minimum Gasteiger partial charge on any atom is -0.391 e. The van der Waals surface area contributed by atoms with Crippen LogP contribution >= 0.6 is 0 Å². The van der Waals surface area contributed by atoms with Crippen molar-refractivity contribution in [3.05, 3.63) is 54.0 Å². The quantitative estimate of drug-likeness (QED) is 0.710. The van der Waals surface area contributed by atoms with Crippen molar-refractivity contribution in [3.63, 3.8) is 0 Å². The molecule has 8 nitrogen and oxygen atoms in total. The minimum absolute atomic E-state index is 0.310. The molecule has 0 aliphatic carbocycles. The molecule has 0 unspecified atom stereocenters. The van der Waals surface area contributed by atoms with Gasteiger partial charge in [-0.2, -0.15) is 5.10 Å². The number of benzene rings is 1. The first-order valence-corrected chi connectivity index (χ1v) is 10.3. The molecule has 2 fully saturated rings. The highest BCUT2D eigenvalue weighted by atomic mass is 16.5. The van der Waals surface area contributed by atoms with Crippen LogP contribution in [0.15, 0.2) is 42.6 Å². The van der Waals surface area contributed by atoms with Gasteiger partial charge in [-0.15, -0.1) is 0 Å². The predicted molar refractivity (Wildman–Crippen MR) is 112 cm³/mol. The van der Waals surface area contributed by atoms with Crippen LogP contribution in [0.25, 0.3) is 17.1 Å². The molecule has 2 aromatic heterocycles. The summed E-state index contributed by atoms with van der Waals surface area (Å²) in [4.78, 5) is 11.7. The maximum Gasteiger partial charge on any atom is 0.162 e. The van der Waals surface area contributed by atoms with E-state index >= 15 is 0 Å². The van der Waals surface area contributed by atoms with Crippen LogP contribution in [0.3, 0.4) is 0 Å². The van der Waals surface area contributed by atoms with Gasteiger partial charge in [-0.1, -0.05) is 23.8 Å². The number of rotatable bonds is 4. The third kappa shape index (κ3) is 3.94. The van der Waals surface area contributed by atoms with E-state index in [9.17, 15) is 5.11 Å². The van der Waals surface area contributed by atoms with Crippen LogP contribution in [0.5, 0.6) is 0 Å². The van der Waals surface area contributed by atoms with E-state index in [2.05, 4.69) is 30.0 Å². The predicted octanol–water partition coefficient (Wildman–Crippen LogP) is 2.30. The van der Waals surface area contributed by atoms with Crippen LogP contribution in [0, 0.1) is 6.92 Å². The van der Waals surface area contributed by atoms with Gasteiger partial charge in [0.15, 0.2) is 11.6 Å². The Labute approximate surface area is 175 Å². The van der Waals surface area contributed by atoms with Crippen molar-refractivity contribution in [2.24, 2.45) is 0 Å². The lowest BCUT2D eigenvalue weighted by Gasteiger charge is -2.28. The second kappa shape index (κ2) is 8.14. The topological polar surface area (TPSA) is 85.5 Å². The lowest BCUT2D eigenvalue weighted by Crippen LogP contribution is -2.37. The zero-order valence-electron chi connectivity index (χ0n) is 16.9. The Balaban J connectivity index is 1.52. The summed E-state index contributed by atoms with van der Waals surface area (Å²) in [7, 11) is 0. The van der Waals surface area contributed by atoms with Crippen molar-refractivity contribution < 1.29 is 14.6 Å². The number of nitrogens with zero attached hydrogens (tertiary/aromatic N) is 5. The van der Waals surface area contributed by atoms with Crippen molar-refractivity contribution in [1.82, 2.24) is 19.7 Å². The summed E-state index contributed by atoms with van der Waals surface area (Å²) < 4.78 is 13.0. The molecule has 1 N–H and O–H groups in total.